The fourth-order valence-corrected chi connectivity index (χ4v) is 11.2. The van der Waals surface area contributed by atoms with E-state index in [2.05, 4.69) is 100 Å². The Labute approximate surface area is 362 Å². The number of piperidine rings is 3. The van der Waals surface area contributed by atoms with Crippen LogP contribution in [0.2, 0.25) is 0 Å². The average Bonchev–Trinajstić information content (AvgIpc) is 3.69. The first-order valence-electron chi connectivity index (χ1n) is 23.2. The van der Waals surface area contributed by atoms with E-state index in [0.29, 0.717) is 30.0 Å². The van der Waals surface area contributed by atoms with E-state index in [9.17, 15) is 9.90 Å². The van der Waals surface area contributed by atoms with Crippen molar-refractivity contribution in [2.45, 2.75) is 117 Å². The largest absolute Gasteiger partial charge is 0.396 e. The molecule has 7 heterocycles. The van der Waals surface area contributed by atoms with E-state index in [-0.39, 0.29) is 29.4 Å². The second kappa shape index (κ2) is 18.4. The van der Waals surface area contributed by atoms with Crippen LogP contribution in [-0.4, -0.2) is 117 Å². The zero-order valence-corrected chi connectivity index (χ0v) is 37.6. The predicted molar refractivity (Wildman–Crippen MR) is 243 cm³/mol. The number of likely N-dealkylation sites (tertiary alicyclic amines) is 1. The molecular formula is C47H70N12O2. The Morgan fingerprint density at radius 3 is 2.31 bits per heavy atom. The van der Waals surface area contributed by atoms with Crippen LogP contribution in [0.3, 0.4) is 0 Å². The van der Waals surface area contributed by atoms with Gasteiger partial charge in [-0.2, -0.15) is 9.61 Å². The molecule has 1 saturated carbocycles. The van der Waals surface area contributed by atoms with Gasteiger partial charge in [-0.15, -0.1) is 0 Å². The number of carbonyl (C=O) groups excluding carboxylic acids is 1. The molecule has 1 atom stereocenters. The molecule has 0 aromatic carbocycles. The van der Waals surface area contributed by atoms with Crippen LogP contribution in [0.1, 0.15) is 114 Å². The molecule has 4 fully saturated rings. The second-order valence-corrected chi connectivity index (χ2v) is 19.9. The zero-order valence-electron chi connectivity index (χ0n) is 37.6. The predicted octanol–water partition coefficient (Wildman–Crippen LogP) is 6.45. The van der Waals surface area contributed by atoms with Gasteiger partial charge in [0.15, 0.2) is 5.65 Å². The molecule has 4 aromatic heterocycles. The number of hydrogen-bond acceptors (Lipinski definition) is 12. The van der Waals surface area contributed by atoms with Gasteiger partial charge in [-0.05, 0) is 112 Å². The van der Waals surface area contributed by atoms with Gasteiger partial charge < -0.3 is 35.3 Å². The van der Waals surface area contributed by atoms with Gasteiger partial charge in [0.05, 0.1) is 11.8 Å². The molecule has 8 rings (SSSR count). The van der Waals surface area contributed by atoms with Crippen molar-refractivity contribution < 1.29 is 9.90 Å². The van der Waals surface area contributed by atoms with Crippen LogP contribution in [0.15, 0.2) is 43.0 Å². The number of carbonyl (C=O) groups is 1. The number of rotatable bonds is 15. The van der Waals surface area contributed by atoms with Crippen molar-refractivity contribution in [1.82, 2.24) is 39.8 Å². The number of hydrogen-bond donors (Lipinski definition) is 3. The molecule has 4 aliphatic rings. The summed E-state index contributed by atoms with van der Waals surface area (Å²) in [6.07, 6.45) is 18.1. The number of aliphatic hydroxyl groups is 1. The van der Waals surface area contributed by atoms with Gasteiger partial charge in [-0.3, -0.25) is 4.79 Å². The third kappa shape index (κ3) is 9.75. The zero-order chi connectivity index (χ0) is 42.7. The highest BCUT2D eigenvalue weighted by Crippen LogP contribution is 2.53. The number of fused-ring (bicyclic) bond motifs is 1. The third-order valence-electron chi connectivity index (χ3n) is 14.3. The summed E-state index contributed by atoms with van der Waals surface area (Å²) in [4.78, 5) is 41.9. The van der Waals surface area contributed by atoms with Crippen LogP contribution in [0.5, 0.6) is 0 Å². The van der Waals surface area contributed by atoms with Gasteiger partial charge in [0.1, 0.15) is 17.5 Å². The molecule has 14 nitrogen and oxygen atoms in total. The highest BCUT2D eigenvalue weighted by Gasteiger charge is 2.53. The average molecular weight is 835 g/mol. The molecule has 0 spiro atoms. The number of nitrogens with zero attached hydrogens (tertiary/aromatic N) is 10. The molecular weight excluding hydrogens is 765 g/mol. The Kier molecular flexibility index (Phi) is 13.0. The lowest BCUT2D eigenvalue weighted by atomic mass is 9.52. The summed E-state index contributed by atoms with van der Waals surface area (Å²) in [7, 11) is 2.17. The summed E-state index contributed by atoms with van der Waals surface area (Å²) in [6, 6.07) is 6.90. The first-order valence-corrected chi connectivity index (χ1v) is 23.2. The molecule has 3 N–H and O–H groups in total. The van der Waals surface area contributed by atoms with Crippen LogP contribution in [0, 0.1) is 22.7 Å². The van der Waals surface area contributed by atoms with Crippen molar-refractivity contribution in [3.63, 3.8) is 0 Å². The van der Waals surface area contributed by atoms with E-state index in [0.717, 1.165) is 131 Å². The van der Waals surface area contributed by atoms with Crippen molar-refractivity contribution in [1.29, 1.82) is 0 Å². The highest BCUT2D eigenvalue weighted by molar-refractivity contribution is 5.94. The normalized spacial score (nSPS) is 21.4. The summed E-state index contributed by atoms with van der Waals surface area (Å²) < 4.78 is 1.92. The summed E-state index contributed by atoms with van der Waals surface area (Å²) >= 11 is 0. The molecule has 14 heteroatoms. The summed E-state index contributed by atoms with van der Waals surface area (Å²) in [6.45, 7) is 19.2. The quantitative estimate of drug-likeness (QED) is 0.121. The van der Waals surface area contributed by atoms with Crippen LogP contribution < -0.4 is 25.3 Å². The molecule has 1 amide bonds. The number of amides is 1. The number of aromatic nitrogens is 6. The minimum absolute atomic E-state index is 0.0811. The van der Waals surface area contributed by atoms with Gasteiger partial charge in [0.25, 0.3) is 5.91 Å². The van der Waals surface area contributed by atoms with Crippen LogP contribution in [0.25, 0.3) is 5.65 Å². The molecule has 4 aromatic rings. The van der Waals surface area contributed by atoms with E-state index in [1.807, 2.05) is 16.9 Å². The number of aryl methyl sites for hydroxylation is 1. The summed E-state index contributed by atoms with van der Waals surface area (Å²) in [5.74, 6) is 4.87. The minimum atomic E-state index is -0.0811. The Bertz CT molecular complexity index is 2050. The Balaban J connectivity index is 0.768. The maximum atomic E-state index is 13.0. The van der Waals surface area contributed by atoms with Crippen molar-refractivity contribution in [2.75, 3.05) is 79.5 Å². The Morgan fingerprint density at radius 2 is 1.64 bits per heavy atom. The van der Waals surface area contributed by atoms with Crippen molar-refractivity contribution in [2.24, 2.45) is 22.7 Å². The topological polar surface area (TPSA) is 143 Å². The molecule has 3 aliphatic heterocycles. The standard InChI is InChI=1S/C47H70N12O2/c1-7-36-29-52-59-40(24-41(53-42(36)59)58-18-9-8-10-38(58)17-23-60)49-26-35-11-12-39(48-25-35)55(6)30-33-13-19-56(20-14-33)31-34-15-21-57(22-16-34)45-50-27-37(28-51-45)43(61)54-44-46(2,3)32-47(44,4)5/h11-12,24-25,27-29,33-34,38,44,49,60H,7-10,13-23,26,30-32H2,1-6H3,(H,54,61). The van der Waals surface area contributed by atoms with E-state index in [1.54, 1.807) is 12.4 Å². The fraction of sp³-hybridized carbons (Fsp3) is 0.660. The van der Waals surface area contributed by atoms with E-state index in [4.69, 9.17) is 15.1 Å². The highest BCUT2D eigenvalue weighted by atomic mass is 16.3. The summed E-state index contributed by atoms with van der Waals surface area (Å²) in [5, 5.41) is 21.3. The third-order valence-corrected chi connectivity index (χ3v) is 14.3. The first-order chi connectivity index (χ1) is 29.4. The van der Waals surface area contributed by atoms with Crippen molar-refractivity contribution in [3.05, 3.63) is 59.7 Å². The molecule has 0 radical (unpaired) electrons. The fourth-order valence-electron chi connectivity index (χ4n) is 11.2. The Hall–Kier alpha value is -4.56. The van der Waals surface area contributed by atoms with Gasteiger partial charge in [0, 0.05) is 95.2 Å². The molecule has 0 bridgehead atoms. The minimum Gasteiger partial charge on any atom is -0.396 e. The number of aliphatic hydroxyl groups excluding tert-OH is 1. The van der Waals surface area contributed by atoms with Crippen LogP contribution >= 0.6 is 0 Å². The smallest absolute Gasteiger partial charge is 0.254 e. The first kappa shape index (κ1) is 43.1. The van der Waals surface area contributed by atoms with Crippen molar-refractivity contribution >= 4 is 35.0 Å². The van der Waals surface area contributed by atoms with E-state index < -0.39 is 0 Å². The number of pyridine rings is 1. The maximum Gasteiger partial charge on any atom is 0.254 e. The molecule has 330 valence electrons. The van der Waals surface area contributed by atoms with Gasteiger partial charge in [0.2, 0.25) is 5.95 Å². The maximum absolute atomic E-state index is 13.0. The van der Waals surface area contributed by atoms with Crippen LogP contribution in [0.4, 0.5) is 23.4 Å². The lowest BCUT2D eigenvalue weighted by Gasteiger charge is -2.57. The summed E-state index contributed by atoms with van der Waals surface area (Å²) in [5.41, 5.74) is 3.88. The monoisotopic (exact) mass is 835 g/mol. The lowest BCUT2D eigenvalue weighted by Crippen LogP contribution is -2.63. The second-order valence-electron chi connectivity index (χ2n) is 19.9. The molecule has 1 unspecified atom stereocenters. The molecule has 61 heavy (non-hydrogen) atoms. The number of anilines is 4. The van der Waals surface area contributed by atoms with Gasteiger partial charge in [-0.1, -0.05) is 40.7 Å². The lowest BCUT2D eigenvalue weighted by molar-refractivity contribution is -0.0366. The SMILES string of the molecule is CCc1cnn2c(NCc3ccc(N(C)CC4CCN(CC5CCN(c6ncc(C(=O)NC7C(C)(C)CC7(C)C)cn6)CC5)CC4)nc3)cc(N3CCCCC3CCO)nc12. The Morgan fingerprint density at radius 1 is 0.902 bits per heavy atom. The van der Waals surface area contributed by atoms with Gasteiger partial charge in [-0.25, -0.2) is 19.9 Å². The molecule has 3 saturated heterocycles. The van der Waals surface area contributed by atoms with Gasteiger partial charge >= 0.3 is 0 Å². The molecule has 1 aliphatic carbocycles. The van der Waals surface area contributed by atoms with E-state index >= 15 is 0 Å². The van der Waals surface area contributed by atoms with Crippen LogP contribution in [-0.2, 0) is 13.0 Å². The van der Waals surface area contributed by atoms with Crippen molar-refractivity contribution in [3.8, 4) is 0 Å². The van der Waals surface area contributed by atoms with E-state index in [1.165, 1.54) is 19.3 Å². The number of nitrogens with one attached hydrogen (secondary N) is 2.